The molecule has 0 saturated carbocycles. The van der Waals surface area contributed by atoms with E-state index in [-0.39, 0.29) is 17.8 Å². The van der Waals surface area contributed by atoms with Crippen molar-refractivity contribution in [2.45, 2.75) is 13.3 Å². The molecule has 0 fully saturated rings. The Labute approximate surface area is 123 Å². The van der Waals surface area contributed by atoms with Crippen LogP contribution in [0.5, 0.6) is 0 Å². The van der Waals surface area contributed by atoms with Gasteiger partial charge in [0.2, 0.25) is 0 Å². The second-order valence-electron chi connectivity index (χ2n) is 5.22. The van der Waals surface area contributed by atoms with E-state index in [1.807, 2.05) is 42.5 Å². The second-order valence-corrected chi connectivity index (χ2v) is 5.22. The van der Waals surface area contributed by atoms with Crippen molar-refractivity contribution in [1.29, 1.82) is 0 Å². The van der Waals surface area contributed by atoms with Crippen molar-refractivity contribution in [1.82, 2.24) is 0 Å². The van der Waals surface area contributed by atoms with Gasteiger partial charge in [0.05, 0.1) is 5.56 Å². The summed E-state index contributed by atoms with van der Waals surface area (Å²) in [7, 11) is 0. The number of aryl methyl sites for hydroxylation is 1. The highest BCUT2D eigenvalue weighted by Gasteiger charge is 2.13. The fraction of sp³-hybridized carbons (Fsp3) is 0.105. The molecule has 0 spiro atoms. The van der Waals surface area contributed by atoms with Gasteiger partial charge in [-0.2, -0.15) is 0 Å². The molecule has 0 radical (unpaired) electrons. The number of hydrogen-bond acceptors (Lipinski definition) is 1. The van der Waals surface area contributed by atoms with E-state index in [1.54, 1.807) is 25.1 Å². The highest BCUT2D eigenvalue weighted by molar-refractivity contribution is 5.98. The van der Waals surface area contributed by atoms with Gasteiger partial charge in [-0.05, 0) is 34.9 Å². The fourth-order valence-electron chi connectivity index (χ4n) is 2.49. The smallest absolute Gasteiger partial charge is 0.170 e. The van der Waals surface area contributed by atoms with Crippen LogP contribution >= 0.6 is 0 Å². The molecule has 0 saturated heterocycles. The molecule has 0 aliphatic heterocycles. The number of carbonyl (C=O) groups is 1. The summed E-state index contributed by atoms with van der Waals surface area (Å²) in [6.07, 6.45) is 0.213. The summed E-state index contributed by atoms with van der Waals surface area (Å²) in [6.45, 7) is 1.67. The van der Waals surface area contributed by atoms with Gasteiger partial charge in [-0.15, -0.1) is 0 Å². The fourth-order valence-corrected chi connectivity index (χ4v) is 2.49. The van der Waals surface area contributed by atoms with Crippen LogP contribution in [0.15, 0.2) is 60.7 Å². The van der Waals surface area contributed by atoms with E-state index >= 15 is 0 Å². The van der Waals surface area contributed by atoms with Crippen molar-refractivity contribution >= 4 is 16.6 Å². The third kappa shape index (κ3) is 2.70. The summed E-state index contributed by atoms with van der Waals surface area (Å²) < 4.78 is 14.0. The molecule has 3 aromatic rings. The zero-order valence-electron chi connectivity index (χ0n) is 11.8. The van der Waals surface area contributed by atoms with Crippen LogP contribution in [0.4, 0.5) is 4.39 Å². The number of carbonyl (C=O) groups excluding carboxylic acids is 1. The normalized spacial score (nSPS) is 10.8. The number of rotatable bonds is 3. The van der Waals surface area contributed by atoms with E-state index in [4.69, 9.17) is 0 Å². The maximum atomic E-state index is 14.0. The number of benzene rings is 3. The lowest BCUT2D eigenvalue weighted by molar-refractivity contribution is 0.0989. The highest BCUT2D eigenvalue weighted by atomic mass is 19.1. The van der Waals surface area contributed by atoms with Gasteiger partial charge in [0.25, 0.3) is 0 Å². The molecule has 0 amide bonds. The predicted octanol–water partition coefficient (Wildman–Crippen LogP) is 4.71. The molecule has 0 heterocycles. The van der Waals surface area contributed by atoms with Crippen molar-refractivity contribution in [3.8, 4) is 0 Å². The van der Waals surface area contributed by atoms with Gasteiger partial charge >= 0.3 is 0 Å². The predicted molar refractivity (Wildman–Crippen MR) is 83.1 cm³/mol. The van der Waals surface area contributed by atoms with Crippen LogP contribution < -0.4 is 0 Å². The Morgan fingerprint density at radius 3 is 2.52 bits per heavy atom. The van der Waals surface area contributed by atoms with E-state index in [9.17, 15) is 9.18 Å². The molecule has 0 aliphatic carbocycles. The molecule has 0 atom stereocenters. The highest BCUT2D eigenvalue weighted by Crippen LogP contribution is 2.19. The average molecular weight is 278 g/mol. The summed E-state index contributed by atoms with van der Waals surface area (Å²) in [4.78, 5) is 12.3. The van der Waals surface area contributed by atoms with Crippen LogP contribution in [0, 0.1) is 12.7 Å². The molecule has 0 bridgehead atoms. The molecule has 3 rings (SSSR count). The summed E-state index contributed by atoms with van der Waals surface area (Å²) in [5.41, 5.74) is 1.57. The summed E-state index contributed by atoms with van der Waals surface area (Å²) in [5.74, 6) is -0.602. The Morgan fingerprint density at radius 2 is 1.71 bits per heavy atom. The standard InChI is InChI=1S/C19H15FO/c1-13-5-4-8-17(19(13)20)18(21)12-14-9-10-15-6-2-3-7-16(15)11-14/h2-11H,12H2,1H3. The minimum Gasteiger partial charge on any atom is -0.294 e. The maximum absolute atomic E-state index is 14.0. The van der Waals surface area contributed by atoms with Crippen LogP contribution in [0.25, 0.3) is 10.8 Å². The number of halogens is 1. The number of Topliss-reactive ketones (excluding diaryl/α,β-unsaturated/α-hetero) is 1. The third-order valence-electron chi connectivity index (χ3n) is 3.67. The average Bonchev–Trinajstić information content (AvgIpc) is 2.50. The zero-order chi connectivity index (χ0) is 14.8. The molecular formula is C19H15FO. The third-order valence-corrected chi connectivity index (χ3v) is 3.67. The van der Waals surface area contributed by atoms with Gasteiger partial charge in [0, 0.05) is 6.42 Å². The van der Waals surface area contributed by atoms with Crippen molar-refractivity contribution in [2.75, 3.05) is 0 Å². The first-order valence-corrected chi connectivity index (χ1v) is 6.91. The van der Waals surface area contributed by atoms with Crippen molar-refractivity contribution < 1.29 is 9.18 Å². The largest absolute Gasteiger partial charge is 0.294 e. The first-order chi connectivity index (χ1) is 10.1. The van der Waals surface area contributed by atoms with E-state index in [1.165, 1.54) is 0 Å². The Morgan fingerprint density at radius 1 is 0.952 bits per heavy atom. The van der Waals surface area contributed by atoms with E-state index < -0.39 is 5.82 Å². The molecule has 0 unspecified atom stereocenters. The van der Waals surface area contributed by atoms with Gasteiger partial charge in [0.1, 0.15) is 5.82 Å². The first-order valence-electron chi connectivity index (χ1n) is 6.91. The van der Waals surface area contributed by atoms with Gasteiger partial charge in [-0.1, -0.05) is 54.6 Å². The van der Waals surface area contributed by atoms with E-state index in [2.05, 4.69) is 0 Å². The molecule has 3 aromatic carbocycles. The second kappa shape index (κ2) is 5.49. The molecule has 0 aromatic heterocycles. The summed E-state index contributed by atoms with van der Waals surface area (Å²) in [5, 5.41) is 2.22. The van der Waals surface area contributed by atoms with Crippen molar-refractivity contribution in [2.24, 2.45) is 0 Å². The lowest BCUT2D eigenvalue weighted by atomic mass is 9.99. The molecule has 0 N–H and O–H groups in total. The Balaban J connectivity index is 1.91. The maximum Gasteiger partial charge on any atom is 0.170 e. The first kappa shape index (κ1) is 13.5. The van der Waals surface area contributed by atoms with E-state index in [0.29, 0.717) is 5.56 Å². The van der Waals surface area contributed by atoms with Crippen molar-refractivity contribution in [3.05, 3.63) is 83.2 Å². The summed E-state index contributed by atoms with van der Waals surface area (Å²) in [6, 6.07) is 18.8. The number of fused-ring (bicyclic) bond motifs is 1. The van der Waals surface area contributed by atoms with Gasteiger partial charge < -0.3 is 0 Å². The molecule has 1 nitrogen and oxygen atoms in total. The van der Waals surface area contributed by atoms with Crippen LogP contribution in [0.2, 0.25) is 0 Å². The van der Waals surface area contributed by atoms with Gasteiger partial charge in [-0.3, -0.25) is 4.79 Å². The minimum atomic E-state index is -0.414. The zero-order valence-corrected chi connectivity index (χ0v) is 11.8. The topological polar surface area (TPSA) is 17.1 Å². The molecule has 2 heteroatoms. The quantitative estimate of drug-likeness (QED) is 0.634. The molecular weight excluding hydrogens is 263 g/mol. The Bertz CT molecular complexity index is 821. The molecule has 0 aliphatic rings. The van der Waals surface area contributed by atoms with Crippen LogP contribution in [-0.2, 0) is 6.42 Å². The Hall–Kier alpha value is -2.48. The Kier molecular flexibility index (Phi) is 3.53. The number of hydrogen-bond donors (Lipinski definition) is 0. The van der Waals surface area contributed by atoms with Crippen LogP contribution in [0.3, 0.4) is 0 Å². The van der Waals surface area contributed by atoms with Crippen molar-refractivity contribution in [3.63, 3.8) is 0 Å². The lowest BCUT2D eigenvalue weighted by Crippen LogP contribution is -2.07. The molecule has 21 heavy (non-hydrogen) atoms. The number of ketones is 1. The summed E-state index contributed by atoms with van der Waals surface area (Å²) >= 11 is 0. The molecule has 104 valence electrons. The van der Waals surface area contributed by atoms with E-state index in [0.717, 1.165) is 16.3 Å². The SMILES string of the molecule is Cc1cccc(C(=O)Cc2ccc3ccccc3c2)c1F. The monoisotopic (exact) mass is 278 g/mol. The van der Waals surface area contributed by atoms with Gasteiger partial charge in [-0.25, -0.2) is 4.39 Å². The van der Waals surface area contributed by atoms with Crippen LogP contribution in [-0.4, -0.2) is 5.78 Å². The minimum absolute atomic E-state index is 0.170. The van der Waals surface area contributed by atoms with Crippen LogP contribution in [0.1, 0.15) is 21.5 Å². The lowest BCUT2D eigenvalue weighted by Gasteiger charge is -2.06. The van der Waals surface area contributed by atoms with Gasteiger partial charge in [0.15, 0.2) is 5.78 Å².